The average Bonchev–Trinajstić information content (AvgIpc) is 3.19. The van der Waals surface area contributed by atoms with Gasteiger partial charge in [-0.2, -0.15) is 15.0 Å². The number of hydrogen-bond donors (Lipinski definition) is 0. The van der Waals surface area contributed by atoms with Crippen molar-refractivity contribution in [3.05, 3.63) is 48.3 Å². The lowest BCUT2D eigenvalue weighted by molar-refractivity contribution is -0.130. The van der Waals surface area contributed by atoms with Crippen molar-refractivity contribution >= 4 is 5.91 Å². The van der Waals surface area contributed by atoms with Gasteiger partial charge >= 0.3 is 0 Å². The van der Waals surface area contributed by atoms with Crippen molar-refractivity contribution in [1.29, 1.82) is 0 Å². The van der Waals surface area contributed by atoms with E-state index < -0.39 is 0 Å². The van der Waals surface area contributed by atoms with Gasteiger partial charge in [0, 0.05) is 19.5 Å². The summed E-state index contributed by atoms with van der Waals surface area (Å²) >= 11 is 0. The molecule has 0 radical (unpaired) electrons. The summed E-state index contributed by atoms with van der Waals surface area (Å²) in [5, 5.41) is 8.32. The number of nitrogens with zero attached hydrogens (tertiary/aromatic N) is 4. The minimum absolute atomic E-state index is 0.234. The lowest BCUT2D eigenvalue weighted by Gasteiger charge is -2.16. The van der Waals surface area contributed by atoms with Crippen LogP contribution in [0.15, 0.2) is 42.7 Å². The van der Waals surface area contributed by atoms with E-state index in [1.54, 1.807) is 17.2 Å². The third-order valence-electron chi connectivity index (χ3n) is 3.98. The topological polar surface area (TPSA) is 51.0 Å². The Labute approximate surface area is 124 Å². The summed E-state index contributed by atoms with van der Waals surface area (Å²) in [6.07, 6.45) is 6.80. The molecule has 5 nitrogen and oxygen atoms in total. The number of rotatable bonds is 5. The van der Waals surface area contributed by atoms with Gasteiger partial charge in [0.2, 0.25) is 5.91 Å². The molecule has 0 N–H and O–H groups in total. The number of benzene rings is 1. The number of amides is 1. The van der Waals surface area contributed by atoms with Crippen LogP contribution in [0.2, 0.25) is 0 Å². The highest BCUT2D eigenvalue weighted by atomic mass is 16.2. The predicted molar refractivity (Wildman–Crippen MR) is 79.6 cm³/mol. The van der Waals surface area contributed by atoms with Crippen LogP contribution in [0.3, 0.4) is 0 Å². The number of likely N-dealkylation sites (tertiary alicyclic amines) is 1. The Balaban J connectivity index is 1.44. The van der Waals surface area contributed by atoms with Gasteiger partial charge in [0.05, 0.1) is 18.4 Å². The largest absolute Gasteiger partial charge is 0.340 e. The van der Waals surface area contributed by atoms with E-state index in [2.05, 4.69) is 22.3 Å². The summed E-state index contributed by atoms with van der Waals surface area (Å²) in [5.41, 5.74) is 1.30. The molecule has 21 heavy (non-hydrogen) atoms. The van der Waals surface area contributed by atoms with E-state index >= 15 is 0 Å². The van der Waals surface area contributed by atoms with Crippen LogP contribution in [0.5, 0.6) is 0 Å². The van der Waals surface area contributed by atoms with Crippen molar-refractivity contribution in [3.63, 3.8) is 0 Å². The normalized spacial score (nSPS) is 18.1. The Morgan fingerprint density at radius 2 is 1.95 bits per heavy atom. The maximum absolute atomic E-state index is 12.2. The smallest absolute Gasteiger partial charge is 0.222 e. The fourth-order valence-corrected chi connectivity index (χ4v) is 2.82. The van der Waals surface area contributed by atoms with Gasteiger partial charge in [-0.15, -0.1) is 0 Å². The summed E-state index contributed by atoms with van der Waals surface area (Å²) in [6, 6.07) is 10.6. The van der Waals surface area contributed by atoms with Gasteiger partial charge in [-0.25, -0.2) is 0 Å². The third-order valence-corrected chi connectivity index (χ3v) is 3.98. The fraction of sp³-hybridized carbons (Fsp3) is 0.438. The summed E-state index contributed by atoms with van der Waals surface area (Å²) < 4.78 is 0. The minimum atomic E-state index is 0.234. The molecule has 110 valence electrons. The van der Waals surface area contributed by atoms with Gasteiger partial charge < -0.3 is 4.90 Å². The molecule has 1 fully saturated rings. The second kappa shape index (κ2) is 6.52. The quantitative estimate of drug-likeness (QED) is 0.844. The molecule has 2 heterocycles. The van der Waals surface area contributed by atoms with Crippen LogP contribution >= 0.6 is 0 Å². The first-order chi connectivity index (χ1) is 10.3. The lowest BCUT2D eigenvalue weighted by Crippen LogP contribution is -2.29. The van der Waals surface area contributed by atoms with Gasteiger partial charge in [0.15, 0.2) is 0 Å². The van der Waals surface area contributed by atoms with Gasteiger partial charge in [0.25, 0.3) is 0 Å². The summed E-state index contributed by atoms with van der Waals surface area (Å²) in [7, 11) is 0. The van der Waals surface area contributed by atoms with E-state index in [4.69, 9.17) is 0 Å². The molecular formula is C16H20N4O. The SMILES string of the molecule is O=C(CCCc1ccccc1)N1CCC(n2nccn2)C1. The van der Waals surface area contributed by atoms with Crippen LogP contribution in [0.1, 0.15) is 30.9 Å². The van der Waals surface area contributed by atoms with E-state index in [-0.39, 0.29) is 11.9 Å². The molecule has 0 spiro atoms. The minimum Gasteiger partial charge on any atom is -0.340 e. The van der Waals surface area contributed by atoms with Gasteiger partial charge in [-0.05, 0) is 24.8 Å². The Morgan fingerprint density at radius 1 is 1.19 bits per heavy atom. The number of carbonyl (C=O) groups excluding carboxylic acids is 1. The molecule has 1 unspecified atom stereocenters. The molecule has 3 rings (SSSR count). The highest BCUT2D eigenvalue weighted by molar-refractivity contribution is 5.76. The maximum Gasteiger partial charge on any atom is 0.222 e. The third kappa shape index (κ3) is 3.48. The molecule has 0 saturated carbocycles. The zero-order valence-electron chi connectivity index (χ0n) is 12.1. The molecule has 1 atom stereocenters. The van der Waals surface area contributed by atoms with Crippen LogP contribution in [-0.4, -0.2) is 38.9 Å². The van der Waals surface area contributed by atoms with Crippen molar-refractivity contribution in [1.82, 2.24) is 19.9 Å². The van der Waals surface area contributed by atoms with Gasteiger partial charge in [0.1, 0.15) is 0 Å². The second-order valence-corrected chi connectivity index (χ2v) is 5.47. The number of hydrogen-bond acceptors (Lipinski definition) is 3. The van der Waals surface area contributed by atoms with Crippen LogP contribution in [-0.2, 0) is 11.2 Å². The van der Waals surface area contributed by atoms with E-state index in [1.807, 2.05) is 23.1 Å². The Hall–Kier alpha value is -2.17. The molecule has 5 heteroatoms. The van der Waals surface area contributed by atoms with E-state index in [0.717, 1.165) is 32.4 Å². The van der Waals surface area contributed by atoms with Crippen molar-refractivity contribution < 1.29 is 4.79 Å². The number of carbonyl (C=O) groups is 1. The molecule has 1 amide bonds. The molecule has 0 aliphatic carbocycles. The Morgan fingerprint density at radius 3 is 2.71 bits per heavy atom. The average molecular weight is 284 g/mol. The zero-order valence-corrected chi connectivity index (χ0v) is 12.1. The number of aromatic nitrogens is 3. The van der Waals surface area contributed by atoms with E-state index in [1.165, 1.54) is 5.56 Å². The van der Waals surface area contributed by atoms with Crippen molar-refractivity contribution in [3.8, 4) is 0 Å². The molecule has 1 saturated heterocycles. The molecular weight excluding hydrogens is 264 g/mol. The molecule has 1 aromatic heterocycles. The molecule has 2 aromatic rings. The molecule has 1 aliphatic rings. The van der Waals surface area contributed by atoms with Gasteiger partial charge in [-0.1, -0.05) is 30.3 Å². The first-order valence-corrected chi connectivity index (χ1v) is 7.50. The molecule has 0 bridgehead atoms. The lowest BCUT2D eigenvalue weighted by atomic mass is 10.1. The summed E-state index contributed by atoms with van der Waals surface area (Å²) in [6.45, 7) is 1.55. The highest BCUT2D eigenvalue weighted by Gasteiger charge is 2.27. The molecule has 1 aromatic carbocycles. The van der Waals surface area contributed by atoms with E-state index in [0.29, 0.717) is 6.42 Å². The van der Waals surface area contributed by atoms with Crippen molar-refractivity contribution in [2.45, 2.75) is 31.7 Å². The Kier molecular flexibility index (Phi) is 4.28. The molecule has 1 aliphatic heterocycles. The second-order valence-electron chi connectivity index (χ2n) is 5.47. The first kappa shape index (κ1) is 13.8. The maximum atomic E-state index is 12.2. The highest BCUT2D eigenvalue weighted by Crippen LogP contribution is 2.20. The fourth-order valence-electron chi connectivity index (χ4n) is 2.82. The monoisotopic (exact) mass is 284 g/mol. The van der Waals surface area contributed by atoms with Crippen LogP contribution in [0, 0.1) is 0 Å². The van der Waals surface area contributed by atoms with Crippen LogP contribution in [0.4, 0.5) is 0 Å². The summed E-state index contributed by atoms with van der Waals surface area (Å²) in [5.74, 6) is 0.251. The Bertz CT molecular complexity index is 567. The first-order valence-electron chi connectivity index (χ1n) is 7.50. The van der Waals surface area contributed by atoms with E-state index in [9.17, 15) is 4.79 Å². The standard InChI is InChI=1S/C16H20N4O/c21-16(8-4-7-14-5-2-1-3-6-14)19-12-9-15(13-19)20-17-10-11-18-20/h1-3,5-6,10-11,15H,4,7-9,12-13H2. The van der Waals surface area contributed by atoms with Gasteiger partial charge in [-0.3, -0.25) is 4.79 Å². The predicted octanol–water partition coefficient (Wildman–Crippen LogP) is 2.07. The van der Waals surface area contributed by atoms with Crippen molar-refractivity contribution in [2.75, 3.05) is 13.1 Å². The number of aryl methyl sites for hydroxylation is 1. The summed E-state index contributed by atoms with van der Waals surface area (Å²) in [4.78, 5) is 15.9. The zero-order chi connectivity index (χ0) is 14.5. The van der Waals surface area contributed by atoms with Crippen LogP contribution < -0.4 is 0 Å². The van der Waals surface area contributed by atoms with Crippen LogP contribution in [0.25, 0.3) is 0 Å². The van der Waals surface area contributed by atoms with Crippen molar-refractivity contribution in [2.24, 2.45) is 0 Å².